The summed E-state index contributed by atoms with van der Waals surface area (Å²) in [6.45, 7) is 2.09. The molecule has 35 heavy (non-hydrogen) atoms. The first-order valence-electron chi connectivity index (χ1n) is 11.8. The number of ketones is 1. The second-order valence-electron chi connectivity index (χ2n) is 9.01. The van der Waals surface area contributed by atoms with E-state index in [1.165, 1.54) is 0 Å². The van der Waals surface area contributed by atoms with Gasteiger partial charge in [-0.25, -0.2) is 4.79 Å². The van der Waals surface area contributed by atoms with E-state index in [9.17, 15) is 9.59 Å². The van der Waals surface area contributed by atoms with Crippen molar-refractivity contribution in [2.45, 2.75) is 38.2 Å². The van der Waals surface area contributed by atoms with E-state index in [4.69, 9.17) is 4.74 Å². The average molecular weight is 575 g/mol. The number of allylic oxidation sites excluding steroid dienone is 3. The number of esters is 1. The van der Waals surface area contributed by atoms with Crippen molar-refractivity contribution in [2.75, 3.05) is 0 Å². The highest BCUT2D eigenvalue weighted by Crippen LogP contribution is 2.46. The number of nitrogens with one attached hydrogen (secondary N) is 1. The van der Waals surface area contributed by atoms with Crippen molar-refractivity contribution < 1.29 is 14.3 Å². The Morgan fingerprint density at radius 3 is 2.31 bits per heavy atom. The molecule has 176 valence electrons. The van der Waals surface area contributed by atoms with E-state index in [0.717, 1.165) is 38.1 Å². The maximum Gasteiger partial charge on any atom is 0.337 e. The summed E-state index contributed by atoms with van der Waals surface area (Å²) < 4.78 is 6.78. The number of hydrogen-bond donors (Lipinski definition) is 1. The molecule has 3 aromatic carbocycles. The third-order valence-electron chi connectivity index (χ3n) is 6.75. The van der Waals surface area contributed by atoms with E-state index in [0.29, 0.717) is 17.6 Å². The molecule has 0 amide bonds. The summed E-state index contributed by atoms with van der Waals surface area (Å²) >= 11 is 2.29. The van der Waals surface area contributed by atoms with Gasteiger partial charge < -0.3 is 10.1 Å². The SMILES string of the molecule is CC1=C(C(=O)OCc2ccccc2)[C@@H](c2ccccc2I)C2=C(C[C@H](c3ccccc3)CC2=O)N1. The summed E-state index contributed by atoms with van der Waals surface area (Å²) in [5.41, 5.74) is 5.90. The van der Waals surface area contributed by atoms with Crippen molar-refractivity contribution in [1.82, 2.24) is 5.32 Å². The van der Waals surface area contributed by atoms with Gasteiger partial charge in [-0.2, -0.15) is 0 Å². The van der Waals surface area contributed by atoms with Gasteiger partial charge in [-0.05, 0) is 64.6 Å². The molecule has 5 heteroatoms. The molecule has 0 saturated carbocycles. The average Bonchev–Trinajstić information content (AvgIpc) is 2.88. The zero-order valence-corrected chi connectivity index (χ0v) is 21.6. The van der Waals surface area contributed by atoms with Crippen LogP contribution in [0.2, 0.25) is 0 Å². The molecule has 0 unspecified atom stereocenters. The molecule has 4 nitrogen and oxygen atoms in total. The third-order valence-corrected chi connectivity index (χ3v) is 7.73. The fraction of sp³-hybridized carbons (Fsp3) is 0.200. The highest BCUT2D eigenvalue weighted by Gasteiger charge is 2.42. The first kappa shape index (κ1) is 23.5. The lowest BCUT2D eigenvalue weighted by atomic mass is 9.72. The first-order valence-corrected chi connectivity index (χ1v) is 12.8. The predicted molar refractivity (Wildman–Crippen MR) is 144 cm³/mol. The molecule has 0 spiro atoms. The van der Waals surface area contributed by atoms with E-state index in [-0.39, 0.29) is 18.3 Å². The molecule has 2 aliphatic rings. The zero-order chi connectivity index (χ0) is 24.4. The van der Waals surface area contributed by atoms with Crippen LogP contribution in [0.25, 0.3) is 0 Å². The highest BCUT2D eigenvalue weighted by atomic mass is 127. The highest BCUT2D eigenvalue weighted by molar-refractivity contribution is 14.1. The maximum atomic E-state index is 13.7. The van der Waals surface area contributed by atoms with Crippen LogP contribution < -0.4 is 5.32 Å². The first-order chi connectivity index (χ1) is 17.0. The predicted octanol–water partition coefficient (Wildman–Crippen LogP) is 6.40. The van der Waals surface area contributed by atoms with Crippen LogP contribution in [0.4, 0.5) is 0 Å². The van der Waals surface area contributed by atoms with E-state index in [1.54, 1.807) is 0 Å². The van der Waals surface area contributed by atoms with Crippen molar-refractivity contribution in [3.63, 3.8) is 0 Å². The Labute approximate surface area is 219 Å². The van der Waals surface area contributed by atoms with E-state index >= 15 is 0 Å². The van der Waals surface area contributed by atoms with Crippen molar-refractivity contribution in [3.05, 3.63) is 128 Å². The molecule has 2 atom stereocenters. The zero-order valence-electron chi connectivity index (χ0n) is 19.5. The van der Waals surface area contributed by atoms with Crippen LogP contribution >= 0.6 is 22.6 Å². The minimum Gasteiger partial charge on any atom is -0.457 e. The Bertz CT molecular complexity index is 1330. The Kier molecular flexibility index (Phi) is 6.86. The third kappa shape index (κ3) is 4.82. The molecule has 1 aliphatic carbocycles. The van der Waals surface area contributed by atoms with E-state index in [2.05, 4.69) is 40.0 Å². The molecule has 1 heterocycles. The number of Topliss-reactive ketones (excluding diaryl/α,β-unsaturated/α-hetero) is 1. The number of benzene rings is 3. The summed E-state index contributed by atoms with van der Waals surface area (Å²) in [4.78, 5) is 27.2. The lowest BCUT2D eigenvalue weighted by molar-refractivity contribution is -0.140. The summed E-state index contributed by atoms with van der Waals surface area (Å²) in [5, 5.41) is 3.43. The van der Waals surface area contributed by atoms with Crippen LogP contribution in [0.5, 0.6) is 0 Å². The number of rotatable bonds is 5. The van der Waals surface area contributed by atoms with E-state index < -0.39 is 11.9 Å². The van der Waals surface area contributed by atoms with Gasteiger partial charge in [0, 0.05) is 32.9 Å². The summed E-state index contributed by atoms with van der Waals surface area (Å²) in [7, 11) is 0. The molecule has 3 aromatic rings. The molecule has 0 bridgehead atoms. The Balaban J connectivity index is 1.53. The van der Waals surface area contributed by atoms with Gasteiger partial charge in [0.15, 0.2) is 5.78 Å². The molecule has 1 aliphatic heterocycles. The summed E-state index contributed by atoms with van der Waals surface area (Å²) in [6, 6.07) is 27.8. The van der Waals surface area contributed by atoms with Gasteiger partial charge in [0.05, 0.1) is 5.57 Å². The lowest BCUT2D eigenvalue weighted by Gasteiger charge is -2.37. The number of hydrogen-bond acceptors (Lipinski definition) is 4. The van der Waals surface area contributed by atoms with Gasteiger partial charge in [0.25, 0.3) is 0 Å². The molecular weight excluding hydrogens is 549 g/mol. The molecule has 5 rings (SSSR count). The van der Waals surface area contributed by atoms with Crippen LogP contribution in [-0.2, 0) is 20.9 Å². The number of carbonyl (C=O) groups excluding carboxylic acids is 2. The topological polar surface area (TPSA) is 55.4 Å². The second kappa shape index (κ2) is 10.2. The van der Waals surface area contributed by atoms with Crippen LogP contribution in [0.1, 0.15) is 48.3 Å². The Hall–Kier alpha value is -3.19. The second-order valence-corrected chi connectivity index (χ2v) is 10.2. The van der Waals surface area contributed by atoms with Gasteiger partial charge in [-0.3, -0.25) is 4.79 Å². The fourth-order valence-corrected chi connectivity index (χ4v) is 5.79. The maximum absolute atomic E-state index is 13.7. The minimum atomic E-state index is -0.452. The Morgan fingerprint density at radius 2 is 1.60 bits per heavy atom. The van der Waals surface area contributed by atoms with Crippen molar-refractivity contribution in [1.29, 1.82) is 0 Å². The van der Waals surface area contributed by atoms with Gasteiger partial charge in [0.2, 0.25) is 0 Å². The van der Waals surface area contributed by atoms with Crippen molar-refractivity contribution in [2.24, 2.45) is 0 Å². The van der Waals surface area contributed by atoms with Gasteiger partial charge in [-0.1, -0.05) is 78.9 Å². The van der Waals surface area contributed by atoms with Crippen LogP contribution in [0.15, 0.2) is 107 Å². The normalized spacial score (nSPS) is 19.8. The van der Waals surface area contributed by atoms with Gasteiger partial charge in [0.1, 0.15) is 6.61 Å². The Morgan fingerprint density at radius 1 is 0.943 bits per heavy atom. The summed E-state index contributed by atoms with van der Waals surface area (Å²) in [5.74, 6) is -0.650. The van der Waals surface area contributed by atoms with Crippen LogP contribution in [-0.4, -0.2) is 11.8 Å². The standard InChI is InChI=1S/C30H26INO3/c1-19-27(30(34)35-18-20-10-4-2-5-11-20)28(23-14-8-9-15-24(23)31)29-25(32-19)16-22(17-26(29)33)21-12-6-3-7-13-21/h2-15,22,28,32H,16-18H2,1H3/t22-,28+/m0/s1. The number of halogens is 1. The van der Waals surface area contributed by atoms with Gasteiger partial charge >= 0.3 is 5.97 Å². The van der Waals surface area contributed by atoms with E-state index in [1.807, 2.05) is 79.7 Å². The molecule has 0 fully saturated rings. The molecule has 0 saturated heterocycles. The number of dihydropyridines is 1. The van der Waals surface area contributed by atoms with Crippen molar-refractivity contribution in [3.8, 4) is 0 Å². The molecule has 1 N–H and O–H groups in total. The molecule has 0 radical (unpaired) electrons. The van der Waals surface area contributed by atoms with Crippen LogP contribution in [0.3, 0.4) is 0 Å². The van der Waals surface area contributed by atoms with Crippen molar-refractivity contribution >= 4 is 34.3 Å². The number of ether oxygens (including phenoxy) is 1. The largest absolute Gasteiger partial charge is 0.457 e. The lowest BCUT2D eigenvalue weighted by Crippen LogP contribution is -2.36. The fourth-order valence-electron chi connectivity index (χ4n) is 5.09. The molecule has 0 aromatic heterocycles. The van der Waals surface area contributed by atoms with Gasteiger partial charge in [-0.15, -0.1) is 0 Å². The number of carbonyl (C=O) groups is 2. The molecular formula is C30H26INO3. The van der Waals surface area contributed by atoms with Crippen LogP contribution in [0, 0.1) is 3.57 Å². The monoisotopic (exact) mass is 575 g/mol. The summed E-state index contributed by atoms with van der Waals surface area (Å²) in [6.07, 6.45) is 1.16. The smallest absolute Gasteiger partial charge is 0.337 e. The minimum absolute atomic E-state index is 0.0816. The quantitative estimate of drug-likeness (QED) is 0.283.